The molecule has 9 heteroatoms. The van der Waals surface area contributed by atoms with Crippen molar-refractivity contribution in [1.82, 2.24) is 15.2 Å². The van der Waals surface area contributed by atoms with E-state index in [1.807, 2.05) is 30.3 Å². The van der Waals surface area contributed by atoms with Crippen molar-refractivity contribution < 1.29 is 19.4 Å². The van der Waals surface area contributed by atoms with Gasteiger partial charge < -0.3 is 24.8 Å². The lowest BCUT2D eigenvalue weighted by Crippen LogP contribution is -2.48. The van der Waals surface area contributed by atoms with E-state index in [2.05, 4.69) is 57.6 Å². The predicted octanol–water partition coefficient (Wildman–Crippen LogP) is 5.18. The number of thiophene rings is 1. The molecule has 1 aliphatic rings. The van der Waals surface area contributed by atoms with Crippen LogP contribution in [0.1, 0.15) is 15.9 Å². The van der Waals surface area contributed by atoms with Crippen molar-refractivity contribution in [3.63, 3.8) is 0 Å². The summed E-state index contributed by atoms with van der Waals surface area (Å²) >= 11 is 1.77. The summed E-state index contributed by atoms with van der Waals surface area (Å²) in [7, 11) is 3.20. The molecule has 8 nitrogen and oxygen atoms in total. The van der Waals surface area contributed by atoms with Crippen LogP contribution in [0, 0.1) is 0 Å². The van der Waals surface area contributed by atoms with Crippen LogP contribution in [0.4, 0.5) is 5.82 Å². The lowest BCUT2D eigenvalue weighted by Gasteiger charge is -2.36. The smallest absolute Gasteiger partial charge is 0.255 e. The molecule has 3 aromatic carbocycles. The normalized spacial score (nSPS) is 13.9. The van der Waals surface area contributed by atoms with Gasteiger partial charge in [-0.2, -0.15) is 0 Å². The highest BCUT2D eigenvalue weighted by molar-refractivity contribution is 7.26. The third kappa shape index (κ3) is 5.51. The van der Waals surface area contributed by atoms with E-state index in [1.165, 1.54) is 20.2 Å². The first-order valence-electron chi connectivity index (χ1n) is 14.1. The third-order valence-corrected chi connectivity index (χ3v) is 9.01. The number of amides is 1. The lowest BCUT2D eigenvalue weighted by atomic mass is 10.1. The molecule has 1 amide bonds. The summed E-state index contributed by atoms with van der Waals surface area (Å²) < 4.78 is 13.2. The van der Waals surface area contributed by atoms with Gasteiger partial charge in [-0.15, -0.1) is 11.3 Å². The first kappa shape index (κ1) is 28.0. The summed E-state index contributed by atoms with van der Waals surface area (Å²) in [6.45, 7) is 4.16. The minimum absolute atomic E-state index is 0.136. The number of hydrogen-bond donors (Lipinski definition) is 2. The molecule has 5 aromatic rings. The van der Waals surface area contributed by atoms with E-state index in [1.54, 1.807) is 25.6 Å². The Hall–Kier alpha value is -4.18. The number of benzene rings is 3. The lowest BCUT2D eigenvalue weighted by molar-refractivity contribution is 0.0951. The minimum atomic E-state index is -0.184. The van der Waals surface area contributed by atoms with Crippen LogP contribution in [0.5, 0.6) is 11.5 Å². The molecule has 0 spiro atoms. The first-order chi connectivity index (χ1) is 20.6. The number of ether oxygens (including phenoxy) is 2. The number of nitrogens with zero attached hydrogens (tertiary/aromatic N) is 3. The molecular weight excluding hydrogens is 548 g/mol. The Labute approximate surface area is 249 Å². The summed E-state index contributed by atoms with van der Waals surface area (Å²) in [5, 5.41) is 14.9. The number of β-amino-alcohol motifs (C(OH)–C–C–N with tert-alkyl or cyclic N) is 1. The maximum absolute atomic E-state index is 13.6. The van der Waals surface area contributed by atoms with Gasteiger partial charge in [0.1, 0.15) is 5.82 Å². The van der Waals surface area contributed by atoms with Gasteiger partial charge in [0.05, 0.1) is 32.1 Å². The van der Waals surface area contributed by atoms with Gasteiger partial charge in [0.2, 0.25) is 0 Å². The second-order valence-corrected chi connectivity index (χ2v) is 11.3. The van der Waals surface area contributed by atoms with Crippen molar-refractivity contribution in [2.45, 2.75) is 6.54 Å². The Balaban J connectivity index is 1.34. The van der Waals surface area contributed by atoms with Gasteiger partial charge in [-0.25, -0.2) is 4.98 Å². The molecule has 1 saturated heterocycles. The molecular formula is C33H34N4O4S. The maximum atomic E-state index is 13.6. The van der Waals surface area contributed by atoms with Crippen LogP contribution in [0.25, 0.3) is 31.4 Å². The molecule has 3 heterocycles. The number of aliphatic hydroxyl groups is 1. The molecule has 2 aromatic heterocycles. The Kier molecular flexibility index (Phi) is 8.23. The largest absolute Gasteiger partial charge is 0.493 e. The van der Waals surface area contributed by atoms with Crippen LogP contribution >= 0.6 is 11.3 Å². The summed E-state index contributed by atoms with van der Waals surface area (Å²) in [5.74, 6) is 1.76. The number of methoxy groups -OCH3 is 2. The van der Waals surface area contributed by atoms with Gasteiger partial charge in [0, 0.05) is 65.0 Å². The van der Waals surface area contributed by atoms with E-state index >= 15 is 0 Å². The summed E-state index contributed by atoms with van der Waals surface area (Å²) in [6.07, 6.45) is 0. The summed E-state index contributed by atoms with van der Waals surface area (Å²) in [4.78, 5) is 23.2. The van der Waals surface area contributed by atoms with E-state index in [9.17, 15) is 9.90 Å². The number of rotatable bonds is 9. The van der Waals surface area contributed by atoms with E-state index < -0.39 is 0 Å². The highest BCUT2D eigenvalue weighted by Gasteiger charge is 2.24. The quantitative estimate of drug-likeness (QED) is 0.248. The average Bonchev–Trinajstić information content (AvgIpc) is 3.43. The zero-order valence-corrected chi connectivity index (χ0v) is 24.6. The van der Waals surface area contributed by atoms with Crippen molar-refractivity contribution in [3.05, 3.63) is 83.9 Å². The number of pyridine rings is 1. The first-order valence-corrected chi connectivity index (χ1v) is 14.9. The Bertz CT molecular complexity index is 1730. The molecule has 0 aliphatic carbocycles. The van der Waals surface area contributed by atoms with Gasteiger partial charge in [-0.3, -0.25) is 9.69 Å². The monoisotopic (exact) mass is 582 g/mol. The van der Waals surface area contributed by atoms with Gasteiger partial charge >= 0.3 is 0 Å². The number of carbonyl (C=O) groups excluding carboxylic acids is 1. The topological polar surface area (TPSA) is 87.2 Å². The van der Waals surface area contributed by atoms with Gasteiger partial charge in [-0.05, 0) is 35.9 Å². The van der Waals surface area contributed by atoms with E-state index in [-0.39, 0.29) is 12.5 Å². The number of carbonyl (C=O) groups is 1. The Morgan fingerprint density at radius 2 is 1.71 bits per heavy atom. The molecule has 2 N–H and O–H groups in total. The highest BCUT2D eigenvalue weighted by atomic mass is 32.1. The van der Waals surface area contributed by atoms with Crippen molar-refractivity contribution in [2.75, 3.05) is 58.5 Å². The fraction of sp³-hybridized carbons (Fsp3) is 0.273. The van der Waals surface area contributed by atoms with Crippen LogP contribution in [-0.2, 0) is 6.54 Å². The molecule has 42 heavy (non-hydrogen) atoms. The standard InChI is InChI=1S/C33H34N4O4S/c1-40-28-13-10-22(20-29(28)41-2)21-34-33(39)26-11-12-27(35-32(26)37-16-14-36(15-17-37)18-19-38)25-8-5-7-24-23-6-3-4-9-30(23)42-31(24)25/h3-13,20,38H,14-19,21H2,1-2H3,(H,34,39). The minimum Gasteiger partial charge on any atom is -0.493 e. The fourth-order valence-electron chi connectivity index (χ4n) is 5.56. The van der Waals surface area contributed by atoms with Gasteiger partial charge in [0.25, 0.3) is 5.91 Å². The molecule has 0 saturated carbocycles. The van der Waals surface area contributed by atoms with Gasteiger partial charge in [-0.1, -0.05) is 42.5 Å². The molecule has 0 atom stereocenters. The maximum Gasteiger partial charge on any atom is 0.255 e. The molecule has 216 valence electrons. The van der Waals surface area contributed by atoms with Crippen LogP contribution in [0.15, 0.2) is 72.8 Å². The van der Waals surface area contributed by atoms with Crippen LogP contribution in [0.3, 0.4) is 0 Å². The van der Waals surface area contributed by atoms with E-state index in [0.717, 1.165) is 43.0 Å². The van der Waals surface area contributed by atoms with Gasteiger partial charge in [0.15, 0.2) is 11.5 Å². The van der Waals surface area contributed by atoms with Crippen LogP contribution < -0.4 is 19.7 Å². The molecule has 0 radical (unpaired) electrons. The number of aromatic nitrogens is 1. The average molecular weight is 583 g/mol. The number of fused-ring (bicyclic) bond motifs is 3. The third-order valence-electron chi connectivity index (χ3n) is 7.79. The van der Waals surface area contributed by atoms with E-state index in [0.29, 0.717) is 36.0 Å². The highest BCUT2D eigenvalue weighted by Crippen LogP contribution is 2.40. The number of hydrogen-bond acceptors (Lipinski definition) is 8. The van der Waals surface area contributed by atoms with Crippen molar-refractivity contribution in [3.8, 4) is 22.8 Å². The molecule has 6 rings (SSSR count). The number of nitrogens with one attached hydrogen (secondary N) is 1. The van der Waals surface area contributed by atoms with E-state index in [4.69, 9.17) is 14.5 Å². The molecule has 0 bridgehead atoms. The fourth-order valence-corrected chi connectivity index (χ4v) is 6.78. The van der Waals surface area contributed by atoms with Crippen LogP contribution in [0.2, 0.25) is 0 Å². The number of aliphatic hydroxyl groups excluding tert-OH is 1. The zero-order chi connectivity index (χ0) is 29.1. The van der Waals surface area contributed by atoms with Crippen molar-refractivity contribution in [2.24, 2.45) is 0 Å². The molecule has 1 fully saturated rings. The molecule has 1 aliphatic heterocycles. The van der Waals surface area contributed by atoms with Crippen molar-refractivity contribution >= 4 is 43.2 Å². The summed E-state index contributed by atoms with van der Waals surface area (Å²) in [5.41, 5.74) is 3.35. The van der Waals surface area contributed by atoms with Crippen molar-refractivity contribution in [1.29, 1.82) is 0 Å². The number of anilines is 1. The second-order valence-electron chi connectivity index (χ2n) is 10.3. The second kappa shape index (κ2) is 12.4. The zero-order valence-electron chi connectivity index (χ0n) is 23.8. The summed E-state index contributed by atoms with van der Waals surface area (Å²) in [6, 6.07) is 24.3. The Morgan fingerprint density at radius 1 is 0.929 bits per heavy atom. The SMILES string of the molecule is COc1ccc(CNC(=O)c2ccc(-c3cccc4c3sc3ccccc34)nc2N2CCN(CCO)CC2)cc1OC. The molecule has 0 unspecified atom stereocenters. The predicted molar refractivity (Wildman–Crippen MR) is 169 cm³/mol. The number of piperazine rings is 1. The Morgan fingerprint density at radius 3 is 2.50 bits per heavy atom. The van der Waals surface area contributed by atoms with Crippen LogP contribution in [-0.4, -0.2) is 74.4 Å².